The van der Waals surface area contributed by atoms with Gasteiger partial charge in [0.2, 0.25) is 5.91 Å². The Hall–Kier alpha value is -0.860. The Morgan fingerprint density at radius 3 is 2.85 bits per heavy atom. The van der Waals surface area contributed by atoms with Crippen LogP contribution in [0, 0.1) is 5.92 Å². The quantitative estimate of drug-likeness (QED) is 0.716. The van der Waals surface area contributed by atoms with Crippen molar-refractivity contribution in [2.24, 2.45) is 5.92 Å². The van der Waals surface area contributed by atoms with Crippen molar-refractivity contribution in [1.82, 2.24) is 5.32 Å². The highest BCUT2D eigenvalue weighted by Gasteiger charge is 2.26. The molecule has 1 aliphatic carbocycles. The van der Waals surface area contributed by atoms with Crippen molar-refractivity contribution in [1.29, 1.82) is 0 Å². The van der Waals surface area contributed by atoms with E-state index in [1.807, 2.05) is 13.8 Å². The van der Waals surface area contributed by atoms with Gasteiger partial charge in [0.15, 0.2) is 5.78 Å². The fourth-order valence-electron chi connectivity index (χ4n) is 1.47. The summed E-state index contributed by atoms with van der Waals surface area (Å²) in [4.78, 5) is 22.6. The molecule has 0 saturated heterocycles. The van der Waals surface area contributed by atoms with Crippen molar-refractivity contribution < 1.29 is 9.59 Å². The van der Waals surface area contributed by atoms with Gasteiger partial charge >= 0.3 is 0 Å². The molecule has 0 bridgehead atoms. The molecule has 74 valence electrons. The number of amides is 1. The highest BCUT2D eigenvalue weighted by Crippen LogP contribution is 2.15. The minimum atomic E-state index is -0.193. The molecule has 0 spiro atoms. The summed E-state index contributed by atoms with van der Waals surface area (Å²) in [6.45, 7) is 3.86. The van der Waals surface area contributed by atoms with Gasteiger partial charge < -0.3 is 5.32 Å². The third kappa shape index (κ3) is 2.54. The topological polar surface area (TPSA) is 46.2 Å². The van der Waals surface area contributed by atoms with Crippen LogP contribution in [0.25, 0.3) is 0 Å². The normalized spacial score (nSPS) is 24.5. The number of nitrogens with one attached hydrogen (secondary N) is 1. The molecule has 2 unspecified atom stereocenters. The molecule has 0 aromatic carbocycles. The molecule has 1 saturated carbocycles. The van der Waals surface area contributed by atoms with Crippen LogP contribution in [-0.4, -0.2) is 17.7 Å². The minimum Gasteiger partial charge on any atom is -0.346 e. The van der Waals surface area contributed by atoms with Crippen LogP contribution in [0.15, 0.2) is 0 Å². The van der Waals surface area contributed by atoms with E-state index in [0.29, 0.717) is 6.42 Å². The van der Waals surface area contributed by atoms with E-state index in [1.54, 1.807) is 0 Å². The predicted octanol–water partition coefficient (Wildman–Crippen LogP) is 1.27. The maximum absolute atomic E-state index is 11.4. The van der Waals surface area contributed by atoms with Crippen LogP contribution in [0.1, 0.15) is 39.5 Å². The van der Waals surface area contributed by atoms with Crippen molar-refractivity contribution in [2.75, 3.05) is 0 Å². The predicted molar refractivity (Wildman–Crippen MR) is 50.2 cm³/mol. The van der Waals surface area contributed by atoms with E-state index < -0.39 is 0 Å². The molecule has 3 heteroatoms. The van der Waals surface area contributed by atoms with Crippen LogP contribution >= 0.6 is 0 Å². The molecule has 0 aromatic rings. The number of carbonyl (C=O) groups is 2. The average Bonchev–Trinajstić information content (AvgIpc) is 2.50. The summed E-state index contributed by atoms with van der Waals surface area (Å²) in [5.41, 5.74) is 0. The number of rotatable bonds is 3. The van der Waals surface area contributed by atoms with Crippen molar-refractivity contribution in [3.8, 4) is 0 Å². The van der Waals surface area contributed by atoms with Gasteiger partial charge in [0.25, 0.3) is 0 Å². The summed E-state index contributed by atoms with van der Waals surface area (Å²) in [7, 11) is 0. The molecule has 0 heterocycles. The van der Waals surface area contributed by atoms with Gasteiger partial charge in [0.05, 0.1) is 6.04 Å². The molecule has 1 aliphatic rings. The fourth-order valence-corrected chi connectivity index (χ4v) is 1.47. The summed E-state index contributed by atoms with van der Waals surface area (Å²) < 4.78 is 0. The van der Waals surface area contributed by atoms with Gasteiger partial charge in [0.1, 0.15) is 0 Å². The van der Waals surface area contributed by atoms with Crippen molar-refractivity contribution >= 4 is 11.7 Å². The maximum Gasteiger partial charge on any atom is 0.223 e. The van der Waals surface area contributed by atoms with Crippen molar-refractivity contribution in [3.63, 3.8) is 0 Å². The highest BCUT2D eigenvalue weighted by atomic mass is 16.2. The number of ketones is 1. The summed E-state index contributed by atoms with van der Waals surface area (Å²) in [6, 6.07) is -0.193. The van der Waals surface area contributed by atoms with Gasteiger partial charge in [-0.25, -0.2) is 0 Å². The number of hydrogen-bond acceptors (Lipinski definition) is 2. The Labute approximate surface area is 78.9 Å². The van der Waals surface area contributed by atoms with Crippen LogP contribution in [0.2, 0.25) is 0 Å². The molecule has 13 heavy (non-hydrogen) atoms. The number of carbonyl (C=O) groups excluding carboxylic acids is 2. The monoisotopic (exact) mass is 183 g/mol. The standard InChI is InChI=1S/C10H17NO2/c1-3-7(2)10(13)11-8-5-4-6-9(8)12/h7-8H,3-6H2,1-2H3,(H,11,13). The summed E-state index contributed by atoms with van der Waals surface area (Å²) in [5, 5.41) is 2.79. The molecule has 0 radical (unpaired) electrons. The van der Waals surface area contributed by atoms with Crippen molar-refractivity contribution in [2.45, 2.75) is 45.6 Å². The summed E-state index contributed by atoms with van der Waals surface area (Å²) in [6.07, 6.45) is 3.20. The lowest BCUT2D eigenvalue weighted by Crippen LogP contribution is -2.40. The highest BCUT2D eigenvalue weighted by molar-refractivity contribution is 5.90. The molecular weight excluding hydrogens is 166 g/mol. The van der Waals surface area contributed by atoms with Crippen LogP contribution < -0.4 is 5.32 Å². The second kappa shape index (κ2) is 4.40. The lowest BCUT2D eigenvalue weighted by Gasteiger charge is -2.14. The molecular formula is C10H17NO2. The first-order valence-corrected chi connectivity index (χ1v) is 4.98. The number of hydrogen-bond donors (Lipinski definition) is 1. The average molecular weight is 183 g/mol. The Morgan fingerprint density at radius 2 is 2.38 bits per heavy atom. The van der Waals surface area contributed by atoms with E-state index in [1.165, 1.54) is 0 Å². The lowest BCUT2D eigenvalue weighted by atomic mass is 10.1. The molecule has 0 aromatic heterocycles. The lowest BCUT2D eigenvalue weighted by molar-refractivity contribution is -0.128. The van der Waals surface area contributed by atoms with Crippen LogP contribution in [0.5, 0.6) is 0 Å². The molecule has 1 rings (SSSR count). The van der Waals surface area contributed by atoms with E-state index in [2.05, 4.69) is 5.32 Å². The SMILES string of the molecule is CCC(C)C(=O)NC1CCCC1=O. The van der Waals surface area contributed by atoms with Crippen LogP contribution in [-0.2, 0) is 9.59 Å². The van der Waals surface area contributed by atoms with E-state index in [-0.39, 0.29) is 23.7 Å². The summed E-state index contributed by atoms with van der Waals surface area (Å²) >= 11 is 0. The third-order valence-electron chi connectivity index (χ3n) is 2.68. The smallest absolute Gasteiger partial charge is 0.223 e. The largest absolute Gasteiger partial charge is 0.346 e. The van der Waals surface area contributed by atoms with Gasteiger partial charge in [-0.3, -0.25) is 9.59 Å². The first-order valence-electron chi connectivity index (χ1n) is 4.98. The molecule has 3 nitrogen and oxygen atoms in total. The Morgan fingerprint density at radius 1 is 1.69 bits per heavy atom. The van der Waals surface area contributed by atoms with Gasteiger partial charge in [-0.05, 0) is 19.3 Å². The minimum absolute atomic E-state index is 0.0164. The van der Waals surface area contributed by atoms with Gasteiger partial charge in [-0.1, -0.05) is 13.8 Å². The number of Topliss-reactive ketones (excluding diaryl/α,β-unsaturated/α-hetero) is 1. The molecule has 2 atom stereocenters. The van der Waals surface area contributed by atoms with E-state index in [4.69, 9.17) is 0 Å². The van der Waals surface area contributed by atoms with Gasteiger partial charge in [0, 0.05) is 12.3 Å². The zero-order valence-electron chi connectivity index (χ0n) is 8.30. The first kappa shape index (κ1) is 10.2. The Balaban J connectivity index is 2.39. The summed E-state index contributed by atoms with van der Waals surface area (Å²) in [5.74, 6) is 0.229. The van der Waals surface area contributed by atoms with Gasteiger partial charge in [-0.15, -0.1) is 0 Å². The van der Waals surface area contributed by atoms with Crippen LogP contribution in [0.4, 0.5) is 0 Å². The van der Waals surface area contributed by atoms with E-state index >= 15 is 0 Å². The van der Waals surface area contributed by atoms with Crippen LogP contribution in [0.3, 0.4) is 0 Å². The molecule has 1 fully saturated rings. The van der Waals surface area contributed by atoms with Crippen molar-refractivity contribution in [3.05, 3.63) is 0 Å². The maximum atomic E-state index is 11.4. The second-order valence-electron chi connectivity index (χ2n) is 3.73. The Kier molecular flexibility index (Phi) is 3.46. The van der Waals surface area contributed by atoms with E-state index in [0.717, 1.165) is 19.3 Å². The molecule has 1 N–H and O–H groups in total. The molecule has 0 aliphatic heterocycles. The molecule has 1 amide bonds. The zero-order chi connectivity index (χ0) is 9.84. The third-order valence-corrected chi connectivity index (χ3v) is 2.68. The zero-order valence-corrected chi connectivity index (χ0v) is 8.30. The fraction of sp³-hybridized carbons (Fsp3) is 0.800. The second-order valence-corrected chi connectivity index (χ2v) is 3.73. The van der Waals surface area contributed by atoms with E-state index in [9.17, 15) is 9.59 Å². The van der Waals surface area contributed by atoms with Gasteiger partial charge in [-0.2, -0.15) is 0 Å². The first-order chi connectivity index (χ1) is 6.15. The Bertz CT molecular complexity index is 213.